The number of aromatic nitrogens is 1. The van der Waals surface area contributed by atoms with Crippen molar-refractivity contribution in [2.24, 2.45) is 0 Å². The van der Waals surface area contributed by atoms with Gasteiger partial charge < -0.3 is 14.8 Å². The third kappa shape index (κ3) is 3.60. The fourth-order valence-corrected chi connectivity index (χ4v) is 2.08. The molecule has 0 atom stereocenters. The zero-order valence-corrected chi connectivity index (χ0v) is 12.0. The summed E-state index contributed by atoms with van der Waals surface area (Å²) in [6.07, 6.45) is 1.43. The van der Waals surface area contributed by atoms with Crippen LogP contribution >= 0.6 is 0 Å². The van der Waals surface area contributed by atoms with Gasteiger partial charge in [-0.15, -0.1) is 0 Å². The number of nitrogens with one attached hydrogen (secondary N) is 1. The fraction of sp³-hybridized carbons (Fsp3) is 0.188. The lowest BCUT2D eigenvalue weighted by molar-refractivity contribution is -0.148. The lowest BCUT2D eigenvalue weighted by Gasteiger charge is -2.05. The molecule has 2 N–H and O–H groups in total. The van der Waals surface area contributed by atoms with E-state index in [1.165, 1.54) is 0 Å². The number of methoxy groups -OCH3 is 1. The number of carboxylic acid groups (broad SMARTS) is 1. The first-order valence-electron chi connectivity index (χ1n) is 6.59. The Hall–Kier alpha value is -2.89. The molecule has 0 unspecified atom stereocenters. The van der Waals surface area contributed by atoms with Crippen molar-refractivity contribution < 1.29 is 24.2 Å². The highest BCUT2D eigenvalue weighted by atomic mass is 16.5. The number of ketones is 2. The van der Waals surface area contributed by atoms with E-state index >= 15 is 0 Å². The second kappa shape index (κ2) is 6.71. The van der Waals surface area contributed by atoms with Crippen LogP contribution in [-0.4, -0.2) is 34.7 Å². The molecule has 2 aromatic rings. The molecule has 0 spiro atoms. The maximum atomic E-state index is 12.0. The molecular formula is C16H15NO5. The van der Waals surface area contributed by atoms with Gasteiger partial charge in [0.2, 0.25) is 5.78 Å². The zero-order valence-electron chi connectivity index (χ0n) is 12.0. The topological polar surface area (TPSA) is 96.5 Å². The van der Waals surface area contributed by atoms with Gasteiger partial charge in [-0.2, -0.15) is 0 Å². The van der Waals surface area contributed by atoms with Gasteiger partial charge in [-0.1, -0.05) is 12.1 Å². The predicted molar refractivity (Wildman–Crippen MR) is 78.2 cm³/mol. The highest BCUT2D eigenvalue weighted by Crippen LogP contribution is 2.17. The van der Waals surface area contributed by atoms with Gasteiger partial charge in [0.25, 0.3) is 0 Å². The molecule has 0 saturated carbocycles. The molecule has 0 aliphatic rings. The second-order valence-electron chi connectivity index (χ2n) is 4.72. The number of hydrogen-bond donors (Lipinski definition) is 2. The number of hydrogen-bond acceptors (Lipinski definition) is 4. The summed E-state index contributed by atoms with van der Waals surface area (Å²) in [5.41, 5.74) is 1.95. The van der Waals surface area contributed by atoms with Crippen LogP contribution in [-0.2, 0) is 16.0 Å². The number of aromatic amines is 1. The van der Waals surface area contributed by atoms with Crippen LogP contribution in [0.2, 0.25) is 0 Å². The van der Waals surface area contributed by atoms with Crippen molar-refractivity contribution in [2.45, 2.75) is 12.8 Å². The predicted octanol–water partition coefficient (Wildman–Crippen LogP) is 1.84. The van der Waals surface area contributed by atoms with Crippen LogP contribution in [0.5, 0.6) is 5.75 Å². The van der Waals surface area contributed by atoms with Crippen LogP contribution in [0.25, 0.3) is 0 Å². The number of aliphatic carboxylic acids is 1. The van der Waals surface area contributed by atoms with Crippen LogP contribution in [0.15, 0.2) is 36.5 Å². The lowest BCUT2D eigenvalue weighted by Crippen LogP contribution is -2.17. The lowest BCUT2D eigenvalue weighted by atomic mass is 10.0. The summed E-state index contributed by atoms with van der Waals surface area (Å²) in [5.74, 6) is -2.47. The van der Waals surface area contributed by atoms with E-state index in [2.05, 4.69) is 4.98 Å². The third-order valence-electron chi connectivity index (χ3n) is 3.23. The van der Waals surface area contributed by atoms with Gasteiger partial charge in [0.05, 0.1) is 13.5 Å². The number of Topliss-reactive ketones (excluding diaryl/α,β-unsaturated/α-hetero) is 2. The first-order valence-corrected chi connectivity index (χ1v) is 6.59. The Balaban J connectivity index is 2.13. The Morgan fingerprint density at radius 2 is 1.82 bits per heavy atom. The average Bonchev–Trinajstić information content (AvgIpc) is 2.96. The third-order valence-corrected chi connectivity index (χ3v) is 3.23. The van der Waals surface area contributed by atoms with Crippen molar-refractivity contribution in [3.8, 4) is 5.75 Å². The summed E-state index contributed by atoms with van der Waals surface area (Å²) < 4.78 is 5.08. The van der Waals surface area contributed by atoms with E-state index in [0.717, 1.165) is 11.3 Å². The number of rotatable bonds is 7. The van der Waals surface area contributed by atoms with Gasteiger partial charge in [0.15, 0.2) is 5.78 Å². The van der Waals surface area contributed by atoms with E-state index < -0.39 is 24.0 Å². The molecule has 0 aliphatic carbocycles. The summed E-state index contributed by atoms with van der Waals surface area (Å²) in [6, 6.07) is 8.92. The van der Waals surface area contributed by atoms with Crippen LogP contribution in [0.3, 0.4) is 0 Å². The van der Waals surface area contributed by atoms with E-state index in [1.54, 1.807) is 19.4 Å². The van der Waals surface area contributed by atoms with Gasteiger partial charge in [0, 0.05) is 23.9 Å². The number of H-pyrrole nitrogens is 1. The molecular weight excluding hydrogens is 286 g/mol. The number of carbonyl (C=O) groups is 3. The van der Waals surface area contributed by atoms with Gasteiger partial charge in [-0.05, 0) is 23.8 Å². The highest BCUT2D eigenvalue weighted by Gasteiger charge is 2.20. The summed E-state index contributed by atoms with van der Waals surface area (Å²) in [6.45, 7) is 0. The van der Waals surface area contributed by atoms with Crippen LogP contribution in [0.1, 0.15) is 28.0 Å². The molecule has 1 aromatic carbocycles. The van der Waals surface area contributed by atoms with Crippen molar-refractivity contribution in [1.82, 2.24) is 4.98 Å². The number of ether oxygens (including phenoxy) is 1. The van der Waals surface area contributed by atoms with E-state index in [4.69, 9.17) is 9.84 Å². The monoisotopic (exact) mass is 301 g/mol. The maximum Gasteiger partial charge on any atom is 0.372 e. The molecule has 1 aromatic heterocycles. The van der Waals surface area contributed by atoms with E-state index in [1.807, 2.05) is 24.3 Å². The van der Waals surface area contributed by atoms with Crippen LogP contribution in [0, 0.1) is 0 Å². The first-order chi connectivity index (χ1) is 10.5. The first kappa shape index (κ1) is 15.5. The van der Waals surface area contributed by atoms with Crippen molar-refractivity contribution in [3.05, 3.63) is 53.3 Å². The van der Waals surface area contributed by atoms with E-state index in [0.29, 0.717) is 17.7 Å². The number of carbonyl (C=O) groups excluding carboxylic acids is 2. The van der Waals surface area contributed by atoms with Gasteiger partial charge in [-0.3, -0.25) is 9.59 Å². The minimum Gasteiger partial charge on any atom is -0.497 e. The largest absolute Gasteiger partial charge is 0.497 e. The quantitative estimate of drug-likeness (QED) is 0.462. The Labute approximate surface area is 126 Å². The van der Waals surface area contributed by atoms with Gasteiger partial charge >= 0.3 is 5.97 Å². The molecule has 6 nitrogen and oxygen atoms in total. The van der Waals surface area contributed by atoms with Crippen molar-refractivity contribution in [3.63, 3.8) is 0 Å². The maximum absolute atomic E-state index is 12.0. The minimum atomic E-state index is -1.60. The van der Waals surface area contributed by atoms with Crippen molar-refractivity contribution >= 4 is 17.5 Å². The molecule has 0 saturated heterocycles. The summed E-state index contributed by atoms with van der Waals surface area (Å²) in [5, 5.41) is 8.56. The zero-order chi connectivity index (χ0) is 16.1. The van der Waals surface area contributed by atoms with Crippen LogP contribution < -0.4 is 4.74 Å². The molecule has 0 bridgehead atoms. The Bertz CT molecular complexity index is 700. The normalized spacial score (nSPS) is 10.2. The Morgan fingerprint density at radius 3 is 2.41 bits per heavy atom. The molecule has 114 valence electrons. The molecule has 0 radical (unpaired) electrons. The van der Waals surface area contributed by atoms with E-state index in [-0.39, 0.29) is 0 Å². The minimum absolute atomic E-state index is 0.338. The summed E-state index contributed by atoms with van der Waals surface area (Å²) in [7, 11) is 1.58. The van der Waals surface area contributed by atoms with E-state index in [9.17, 15) is 14.4 Å². The molecule has 1 heterocycles. The molecule has 6 heteroatoms. The summed E-state index contributed by atoms with van der Waals surface area (Å²) in [4.78, 5) is 36.6. The SMILES string of the molecule is COc1ccc(Cc2[nH]ccc2C(=O)CC(=O)C(=O)O)cc1. The Morgan fingerprint density at radius 1 is 1.14 bits per heavy atom. The fourth-order valence-electron chi connectivity index (χ4n) is 2.08. The Kier molecular flexibility index (Phi) is 4.73. The summed E-state index contributed by atoms with van der Waals surface area (Å²) >= 11 is 0. The smallest absolute Gasteiger partial charge is 0.372 e. The molecule has 2 rings (SSSR count). The molecule has 22 heavy (non-hydrogen) atoms. The number of benzene rings is 1. The van der Waals surface area contributed by atoms with Crippen molar-refractivity contribution in [1.29, 1.82) is 0 Å². The van der Waals surface area contributed by atoms with Crippen molar-refractivity contribution in [2.75, 3.05) is 7.11 Å². The highest BCUT2D eigenvalue weighted by molar-refractivity contribution is 6.37. The second-order valence-corrected chi connectivity index (χ2v) is 4.72. The standard InChI is InChI=1S/C16H15NO5/c1-22-11-4-2-10(3-5-11)8-13-12(6-7-17-13)14(18)9-15(19)16(20)21/h2-7,17H,8-9H2,1H3,(H,20,21). The van der Waals surface area contributed by atoms with Gasteiger partial charge in [-0.25, -0.2) is 4.79 Å². The van der Waals surface area contributed by atoms with Crippen LogP contribution in [0.4, 0.5) is 0 Å². The van der Waals surface area contributed by atoms with Gasteiger partial charge in [0.1, 0.15) is 5.75 Å². The molecule has 0 aliphatic heterocycles. The molecule has 0 amide bonds. The average molecular weight is 301 g/mol. The molecule has 0 fully saturated rings. The number of carboxylic acids is 1.